The summed E-state index contributed by atoms with van der Waals surface area (Å²) in [4.78, 5) is 0. The van der Waals surface area contributed by atoms with Crippen LogP contribution in [-0.2, 0) is 10.0 Å². The van der Waals surface area contributed by atoms with Gasteiger partial charge >= 0.3 is 0 Å². The second kappa shape index (κ2) is 4.94. The number of hydrogen-bond donors (Lipinski definition) is 2. The van der Waals surface area contributed by atoms with E-state index < -0.39 is 16.1 Å². The third kappa shape index (κ3) is 4.17. The van der Waals surface area contributed by atoms with Gasteiger partial charge in [0.25, 0.3) is 0 Å². The quantitative estimate of drug-likeness (QED) is 0.834. The molecule has 0 aliphatic rings. The molecule has 0 aromatic heterocycles. The molecule has 4 nitrogen and oxygen atoms in total. The van der Waals surface area contributed by atoms with Crippen LogP contribution in [0.15, 0.2) is 24.3 Å². The molecule has 15 heavy (non-hydrogen) atoms. The molecule has 84 valence electrons. The maximum Gasteiger partial charge on any atom is 0.208 e. The second-order valence-electron chi connectivity index (χ2n) is 3.16. The Kier molecular flexibility index (Phi) is 4.10. The van der Waals surface area contributed by atoms with Gasteiger partial charge in [0.2, 0.25) is 10.0 Å². The van der Waals surface area contributed by atoms with Crippen LogP contribution in [0.5, 0.6) is 0 Å². The smallest absolute Gasteiger partial charge is 0.208 e. The number of benzene rings is 1. The summed E-state index contributed by atoms with van der Waals surface area (Å²) in [6.07, 6.45) is 0.0974. The van der Waals surface area contributed by atoms with Gasteiger partial charge in [0.15, 0.2) is 0 Å². The molecule has 0 fully saturated rings. The predicted octanol–water partition coefficient (Wildman–Crippen LogP) is 0.923. The highest BCUT2D eigenvalue weighted by molar-refractivity contribution is 7.88. The SMILES string of the molecule is CS(=O)(=O)NCC(O)c1ccccc1Cl. The van der Waals surface area contributed by atoms with Gasteiger partial charge in [0.1, 0.15) is 0 Å². The van der Waals surface area contributed by atoms with E-state index in [2.05, 4.69) is 4.72 Å². The van der Waals surface area contributed by atoms with Gasteiger partial charge in [-0.05, 0) is 6.07 Å². The van der Waals surface area contributed by atoms with Crippen LogP contribution in [0.3, 0.4) is 0 Å². The summed E-state index contributed by atoms with van der Waals surface area (Å²) in [6, 6.07) is 6.75. The number of aliphatic hydroxyl groups is 1. The molecule has 1 aromatic rings. The molecule has 1 unspecified atom stereocenters. The van der Waals surface area contributed by atoms with Gasteiger partial charge in [-0.1, -0.05) is 29.8 Å². The van der Waals surface area contributed by atoms with Crippen molar-refractivity contribution in [2.45, 2.75) is 6.10 Å². The Balaban J connectivity index is 2.70. The summed E-state index contributed by atoms with van der Waals surface area (Å²) in [5.41, 5.74) is 0.510. The van der Waals surface area contributed by atoms with Crippen molar-refractivity contribution in [3.05, 3.63) is 34.9 Å². The van der Waals surface area contributed by atoms with Crippen molar-refractivity contribution in [2.24, 2.45) is 0 Å². The summed E-state index contributed by atoms with van der Waals surface area (Å²) in [5.74, 6) is 0. The molecule has 0 aliphatic carbocycles. The molecule has 6 heteroatoms. The minimum Gasteiger partial charge on any atom is -0.387 e. The van der Waals surface area contributed by atoms with E-state index >= 15 is 0 Å². The first-order chi connectivity index (χ1) is 6.90. The summed E-state index contributed by atoms with van der Waals surface area (Å²) in [7, 11) is -3.29. The fourth-order valence-electron chi connectivity index (χ4n) is 1.09. The van der Waals surface area contributed by atoms with Gasteiger partial charge < -0.3 is 5.11 Å². The standard InChI is InChI=1S/C9H12ClNO3S/c1-15(13,14)11-6-9(12)7-4-2-3-5-8(7)10/h2-5,9,11-12H,6H2,1H3. The van der Waals surface area contributed by atoms with E-state index in [1.807, 2.05) is 0 Å². The van der Waals surface area contributed by atoms with E-state index in [9.17, 15) is 13.5 Å². The number of sulfonamides is 1. The highest BCUT2D eigenvalue weighted by atomic mass is 35.5. The third-order valence-electron chi connectivity index (χ3n) is 1.80. The summed E-state index contributed by atoms with van der Waals surface area (Å²) in [5, 5.41) is 10.1. The normalized spacial score (nSPS) is 13.8. The predicted molar refractivity (Wildman–Crippen MR) is 59.3 cm³/mol. The van der Waals surface area contributed by atoms with Crippen LogP contribution in [0.4, 0.5) is 0 Å². The molecular weight excluding hydrogens is 238 g/mol. The summed E-state index contributed by atoms with van der Waals surface area (Å²) < 4.78 is 23.8. The molecule has 1 atom stereocenters. The minimum absolute atomic E-state index is 0.0808. The molecule has 0 aliphatic heterocycles. The van der Waals surface area contributed by atoms with Crippen molar-refractivity contribution in [2.75, 3.05) is 12.8 Å². The lowest BCUT2D eigenvalue weighted by Gasteiger charge is -2.12. The Labute approximate surface area is 93.9 Å². The van der Waals surface area contributed by atoms with E-state index in [0.717, 1.165) is 6.26 Å². The zero-order valence-electron chi connectivity index (χ0n) is 8.14. The van der Waals surface area contributed by atoms with Gasteiger partial charge in [-0.3, -0.25) is 0 Å². The average molecular weight is 250 g/mol. The van der Waals surface area contributed by atoms with Crippen molar-refractivity contribution in [1.29, 1.82) is 0 Å². The third-order valence-corrected chi connectivity index (χ3v) is 2.84. The molecule has 0 saturated heterocycles. The number of halogens is 1. The molecule has 1 rings (SSSR count). The van der Waals surface area contributed by atoms with E-state index in [0.29, 0.717) is 10.6 Å². The highest BCUT2D eigenvalue weighted by Crippen LogP contribution is 2.21. The Morgan fingerprint density at radius 1 is 1.47 bits per heavy atom. The van der Waals surface area contributed by atoms with Crippen molar-refractivity contribution in [3.8, 4) is 0 Å². The molecule has 0 spiro atoms. The summed E-state index contributed by atoms with van der Waals surface area (Å²) in [6.45, 7) is -0.0808. The van der Waals surface area contributed by atoms with Gasteiger partial charge in [-0.2, -0.15) is 0 Å². The van der Waals surface area contributed by atoms with Crippen molar-refractivity contribution >= 4 is 21.6 Å². The van der Waals surface area contributed by atoms with Gasteiger partial charge in [0, 0.05) is 17.1 Å². The Hall–Kier alpha value is -0.620. The van der Waals surface area contributed by atoms with Crippen LogP contribution in [0, 0.1) is 0 Å². The number of aliphatic hydroxyl groups excluding tert-OH is 1. The number of rotatable bonds is 4. The largest absolute Gasteiger partial charge is 0.387 e. The molecular formula is C9H12ClNO3S. The van der Waals surface area contributed by atoms with Crippen molar-refractivity contribution in [1.82, 2.24) is 4.72 Å². The second-order valence-corrected chi connectivity index (χ2v) is 5.40. The monoisotopic (exact) mass is 249 g/mol. The van der Waals surface area contributed by atoms with E-state index in [1.54, 1.807) is 24.3 Å². The zero-order chi connectivity index (χ0) is 11.5. The molecule has 0 saturated carbocycles. The molecule has 0 amide bonds. The lowest BCUT2D eigenvalue weighted by molar-refractivity contribution is 0.182. The Bertz CT molecular complexity index is 433. The van der Waals surface area contributed by atoms with Crippen molar-refractivity contribution in [3.63, 3.8) is 0 Å². The van der Waals surface area contributed by atoms with Crippen LogP contribution >= 0.6 is 11.6 Å². The molecule has 0 bridgehead atoms. The average Bonchev–Trinajstić information content (AvgIpc) is 2.14. The van der Waals surface area contributed by atoms with E-state index in [-0.39, 0.29) is 6.54 Å². The lowest BCUT2D eigenvalue weighted by atomic mass is 10.1. The number of nitrogens with one attached hydrogen (secondary N) is 1. The fourth-order valence-corrected chi connectivity index (χ4v) is 1.81. The fraction of sp³-hybridized carbons (Fsp3) is 0.333. The first-order valence-corrected chi connectivity index (χ1v) is 6.54. The molecule has 0 heterocycles. The first kappa shape index (κ1) is 12.4. The van der Waals surface area contributed by atoms with Crippen LogP contribution in [-0.4, -0.2) is 26.3 Å². The van der Waals surface area contributed by atoms with Gasteiger partial charge in [0.05, 0.1) is 12.4 Å². The topological polar surface area (TPSA) is 66.4 Å². The van der Waals surface area contributed by atoms with Crippen LogP contribution in [0.25, 0.3) is 0 Å². The van der Waals surface area contributed by atoms with E-state index in [1.165, 1.54) is 0 Å². The molecule has 1 aromatic carbocycles. The van der Waals surface area contributed by atoms with E-state index in [4.69, 9.17) is 11.6 Å². The molecule has 0 radical (unpaired) electrons. The minimum atomic E-state index is -3.29. The lowest BCUT2D eigenvalue weighted by Crippen LogP contribution is -2.27. The van der Waals surface area contributed by atoms with Gasteiger partial charge in [-0.15, -0.1) is 0 Å². The van der Waals surface area contributed by atoms with Crippen LogP contribution < -0.4 is 4.72 Å². The Morgan fingerprint density at radius 3 is 2.60 bits per heavy atom. The van der Waals surface area contributed by atoms with Crippen molar-refractivity contribution < 1.29 is 13.5 Å². The summed E-state index contributed by atoms with van der Waals surface area (Å²) >= 11 is 5.83. The molecule has 2 N–H and O–H groups in total. The maximum absolute atomic E-state index is 10.8. The zero-order valence-corrected chi connectivity index (χ0v) is 9.72. The highest BCUT2D eigenvalue weighted by Gasteiger charge is 2.12. The van der Waals surface area contributed by atoms with Crippen LogP contribution in [0.2, 0.25) is 5.02 Å². The Morgan fingerprint density at radius 2 is 2.07 bits per heavy atom. The maximum atomic E-state index is 10.8. The first-order valence-electron chi connectivity index (χ1n) is 4.27. The number of hydrogen-bond acceptors (Lipinski definition) is 3. The van der Waals surface area contributed by atoms with Crippen LogP contribution in [0.1, 0.15) is 11.7 Å². The van der Waals surface area contributed by atoms with Gasteiger partial charge in [-0.25, -0.2) is 13.1 Å².